The van der Waals surface area contributed by atoms with Crippen LogP contribution in [0, 0.1) is 5.92 Å². The van der Waals surface area contributed by atoms with E-state index in [0.29, 0.717) is 25.4 Å². The fraction of sp³-hybridized carbons (Fsp3) is 0.500. The molecule has 2 heterocycles. The number of pyridine rings is 1. The zero-order valence-corrected chi connectivity index (χ0v) is 11.0. The van der Waals surface area contributed by atoms with Crippen LogP contribution in [-0.2, 0) is 9.53 Å². The smallest absolute Gasteiger partial charge is 0.310 e. The van der Waals surface area contributed by atoms with E-state index in [1.807, 2.05) is 0 Å². The van der Waals surface area contributed by atoms with Gasteiger partial charge < -0.3 is 9.64 Å². The van der Waals surface area contributed by atoms with Crippen molar-refractivity contribution in [1.82, 2.24) is 9.88 Å². The van der Waals surface area contributed by atoms with Crippen LogP contribution >= 0.6 is 0 Å². The third kappa shape index (κ3) is 3.30. The molecule has 1 aromatic rings. The molecule has 1 aromatic heterocycles. The van der Waals surface area contributed by atoms with E-state index in [1.165, 1.54) is 0 Å². The monoisotopic (exact) mass is 262 g/mol. The number of hydrogen-bond donors (Lipinski definition) is 0. The molecule has 5 nitrogen and oxygen atoms in total. The maximum absolute atomic E-state index is 12.2. The van der Waals surface area contributed by atoms with Gasteiger partial charge in [-0.05, 0) is 31.9 Å². The van der Waals surface area contributed by atoms with Gasteiger partial charge in [0.15, 0.2) is 0 Å². The molecule has 0 aromatic carbocycles. The minimum Gasteiger partial charge on any atom is -0.466 e. The Bertz CT molecular complexity index is 447. The van der Waals surface area contributed by atoms with E-state index in [4.69, 9.17) is 4.74 Å². The van der Waals surface area contributed by atoms with Crippen molar-refractivity contribution in [3.8, 4) is 0 Å². The number of esters is 1. The van der Waals surface area contributed by atoms with Gasteiger partial charge in [-0.25, -0.2) is 0 Å². The van der Waals surface area contributed by atoms with Gasteiger partial charge in [0.2, 0.25) is 0 Å². The predicted octanol–water partition coefficient (Wildman–Crippen LogP) is 1.50. The summed E-state index contributed by atoms with van der Waals surface area (Å²) >= 11 is 0. The summed E-state index contributed by atoms with van der Waals surface area (Å²) in [6, 6.07) is 5.25. The molecule has 1 fully saturated rings. The minimum atomic E-state index is -0.207. The number of ether oxygens (including phenoxy) is 1. The molecule has 0 aliphatic carbocycles. The SMILES string of the molecule is CCOC(=O)C1CCCN(C(=O)c2ccccn2)C1. The molecule has 0 N–H and O–H groups in total. The standard InChI is InChI=1S/C14H18N2O3/c1-2-19-14(18)11-6-5-9-16(10-11)13(17)12-7-3-4-8-15-12/h3-4,7-8,11H,2,5-6,9-10H2,1H3. The molecule has 1 aliphatic rings. The van der Waals surface area contributed by atoms with Crippen molar-refractivity contribution in [2.24, 2.45) is 5.92 Å². The molecule has 1 saturated heterocycles. The number of nitrogens with zero attached hydrogens (tertiary/aromatic N) is 2. The number of likely N-dealkylation sites (tertiary alicyclic amines) is 1. The number of piperidine rings is 1. The summed E-state index contributed by atoms with van der Waals surface area (Å²) in [5, 5.41) is 0. The Labute approximate surface area is 112 Å². The molecule has 19 heavy (non-hydrogen) atoms. The van der Waals surface area contributed by atoms with Gasteiger partial charge >= 0.3 is 5.97 Å². The van der Waals surface area contributed by atoms with E-state index in [2.05, 4.69) is 4.98 Å². The first-order valence-corrected chi connectivity index (χ1v) is 6.59. The second-order valence-corrected chi connectivity index (χ2v) is 4.56. The Kier molecular flexibility index (Phi) is 4.49. The van der Waals surface area contributed by atoms with E-state index in [1.54, 1.807) is 36.2 Å². The Balaban J connectivity index is 2.01. The summed E-state index contributed by atoms with van der Waals surface area (Å²) in [7, 11) is 0. The number of carbonyl (C=O) groups is 2. The highest BCUT2D eigenvalue weighted by atomic mass is 16.5. The average Bonchev–Trinajstić information content (AvgIpc) is 2.48. The molecule has 1 unspecified atom stereocenters. The van der Waals surface area contributed by atoms with Crippen molar-refractivity contribution in [3.05, 3.63) is 30.1 Å². The van der Waals surface area contributed by atoms with E-state index in [0.717, 1.165) is 12.8 Å². The third-order valence-electron chi connectivity index (χ3n) is 3.21. The predicted molar refractivity (Wildman–Crippen MR) is 69.5 cm³/mol. The van der Waals surface area contributed by atoms with Crippen LogP contribution in [0.5, 0.6) is 0 Å². The van der Waals surface area contributed by atoms with Crippen LogP contribution < -0.4 is 0 Å². The molecule has 1 aliphatic heterocycles. The van der Waals surface area contributed by atoms with Gasteiger partial charge in [-0.2, -0.15) is 0 Å². The van der Waals surface area contributed by atoms with Gasteiger partial charge in [-0.1, -0.05) is 6.07 Å². The highest BCUT2D eigenvalue weighted by molar-refractivity contribution is 5.92. The van der Waals surface area contributed by atoms with Crippen molar-refractivity contribution in [2.75, 3.05) is 19.7 Å². The largest absolute Gasteiger partial charge is 0.466 e. The van der Waals surface area contributed by atoms with Gasteiger partial charge in [0.1, 0.15) is 5.69 Å². The van der Waals surface area contributed by atoms with E-state index in [-0.39, 0.29) is 17.8 Å². The van der Waals surface area contributed by atoms with Gasteiger partial charge in [0.25, 0.3) is 5.91 Å². The van der Waals surface area contributed by atoms with Crippen LogP contribution in [0.2, 0.25) is 0 Å². The molecule has 1 atom stereocenters. The Hall–Kier alpha value is -1.91. The summed E-state index contributed by atoms with van der Waals surface area (Å²) < 4.78 is 5.02. The summed E-state index contributed by atoms with van der Waals surface area (Å²) in [5.74, 6) is -0.531. The van der Waals surface area contributed by atoms with Crippen LogP contribution in [0.4, 0.5) is 0 Å². The first kappa shape index (κ1) is 13.5. The molecule has 2 rings (SSSR count). The maximum atomic E-state index is 12.2. The zero-order valence-electron chi connectivity index (χ0n) is 11.0. The molecule has 0 radical (unpaired) electrons. The number of aromatic nitrogens is 1. The van der Waals surface area contributed by atoms with Crippen molar-refractivity contribution >= 4 is 11.9 Å². The van der Waals surface area contributed by atoms with Gasteiger partial charge in [-0.15, -0.1) is 0 Å². The first-order valence-electron chi connectivity index (χ1n) is 6.59. The van der Waals surface area contributed by atoms with Crippen LogP contribution in [0.3, 0.4) is 0 Å². The fourth-order valence-electron chi connectivity index (χ4n) is 2.27. The molecule has 102 valence electrons. The zero-order chi connectivity index (χ0) is 13.7. The lowest BCUT2D eigenvalue weighted by molar-refractivity contribution is -0.149. The lowest BCUT2D eigenvalue weighted by Gasteiger charge is -2.31. The Morgan fingerprint density at radius 1 is 1.47 bits per heavy atom. The van der Waals surface area contributed by atoms with E-state index in [9.17, 15) is 9.59 Å². The summed E-state index contributed by atoms with van der Waals surface area (Å²) in [5.41, 5.74) is 0.423. The number of rotatable bonds is 3. The molecule has 0 spiro atoms. The molecular weight excluding hydrogens is 244 g/mol. The van der Waals surface area contributed by atoms with Gasteiger partial charge in [0.05, 0.1) is 12.5 Å². The lowest BCUT2D eigenvalue weighted by atomic mass is 9.98. The highest BCUT2D eigenvalue weighted by Gasteiger charge is 2.30. The maximum Gasteiger partial charge on any atom is 0.310 e. The summed E-state index contributed by atoms with van der Waals surface area (Å²) in [6.45, 7) is 3.26. The number of hydrogen-bond acceptors (Lipinski definition) is 4. The third-order valence-corrected chi connectivity index (χ3v) is 3.21. The van der Waals surface area contributed by atoms with Crippen LogP contribution in [0.25, 0.3) is 0 Å². The molecular formula is C14H18N2O3. The molecule has 0 bridgehead atoms. The van der Waals surface area contributed by atoms with Crippen LogP contribution in [0.15, 0.2) is 24.4 Å². The van der Waals surface area contributed by atoms with Crippen molar-refractivity contribution < 1.29 is 14.3 Å². The minimum absolute atomic E-state index is 0.116. The number of carbonyl (C=O) groups excluding carboxylic acids is 2. The second kappa shape index (κ2) is 6.31. The van der Waals surface area contributed by atoms with Gasteiger partial charge in [-0.3, -0.25) is 14.6 Å². The fourth-order valence-corrected chi connectivity index (χ4v) is 2.27. The quantitative estimate of drug-likeness (QED) is 0.774. The Morgan fingerprint density at radius 3 is 3.00 bits per heavy atom. The number of amides is 1. The van der Waals surface area contributed by atoms with Crippen molar-refractivity contribution in [3.63, 3.8) is 0 Å². The van der Waals surface area contributed by atoms with Crippen LogP contribution in [0.1, 0.15) is 30.3 Å². The summed E-state index contributed by atoms with van der Waals surface area (Å²) in [6.07, 6.45) is 3.20. The normalized spacial score (nSPS) is 19.0. The average molecular weight is 262 g/mol. The van der Waals surface area contributed by atoms with E-state index >= 15 is 0 Å². The van der Waals surface area contributed by atoms with Crippen molar-refractivity contribution in [2.45, 2.75) is 19.8 Å². The van der Waals surface area contributed by atoms with Crippen LogP contribution in [-0.4, -0.2) is 41.5 Å². The lowest BCUT2D eigenvalue weighted by Crippen LogP contribution is -2.43. The topological polar surface area (TPSA) is 59.5 Å². The highest BCUT2D eigenvalue weighted by Crippen LogP contribution is 2.19. The molecule has 1 amide bonds. The van der Waals surface area contributed by atoms with Gasteiger partial charge in [0, 0.05) is 19.3 Å². The van der Waals surface area contributed by atoms with Crippen molar-refractivity contribution in [1.29, 1.82) is 0 Å². The summed E-state index contributed by atoms with van der Waals surface area (Å²) in [4.78, 5) is 29.7. The Morgan fingerprint density at radius 2 is 2.32 bits per heavy atom. The second-order valence-electron chi connectivity index (χ2n) is 4.56. The molecule has 5 heteroatoms. The molecule has 0 saturated carbocycles. The van der Waals surface area contributed by atoms with E-state index < -0.39 is 0 Å². The first-order chi connectivity index (χ1) is 9.22.